The van der Waals surface area contributed by atoms with E-state index in [9.17, 15) is 39.6 Å². The molecule has 1 aromatic rings. The lowest BCUT2D eigenvalue weighted by Crippen LogP contribution is -2.49. The zero-order valence-electron chi connectivity index (χ0n) is 13.6. The van der Waals surface area contributed by atoms with E-state index in [0.29, 0.717) is 0 Å². The first-order valence-electron chi connectivity index (χ1n) is 7.03. The van der Waals surface area contributed by atoms with Gasteiger partial charge in [0.25, 0.3) is 5.91 Å². The maximum Gasteiger partial charge on any atom is 0.416 e. The van der Waals surface area contributed by atoms with Gasteiger partial charge in [-0.1, -0.05) is 0 Å². The minimum Gasteiger partial charge on any atom is -0.293 e. The molecule has 1 amide bonds. The predicted molar refractivity (Wildman–Crippen MR) is 85.9 cm³/mol. The number of alkyl halides is 6. The Hall–Kier alpha value is -1.51. The molecule has 1 atom stereocenters. The lowest BCUT2D eigenvalue weighted by molar-refractivity contribution is -0.143. The molecular weight excluding hydrogens is 424 g/mol. The highest BCUT2D eigenvalue weighted by Crippen LogP contribution is 2.37. The monoisotopic (exact) mass is 439 g/mol. The lowest BCUT2D eigenvalue weighted by atomic mass is 10.1. The standard InChI is InChI=1S/C13H15F6N3O3S2/c1-26-3-2-10(11(23)21-20)22-27(24,25)9-5-7(12(14,15)16)4-8(6-9)13(17,18)19/h4-6,10,22H,2-3,20H2,1H3,(H,21,23)/t10-/m1/s1. The molecule has 0 aliphatic carbocycles. The van der Waals surface area contributed by atoms with E-state index in [1.54, 1.807) is 16.4 Å². The summed E-state index contributed by atoms with van der Waals surface area (Å²) < 4.78 is 104. The van der Waals surface area contributed by atoms with Crippen LogP contribution in [0.4, 0.5) is 26.3 Å². The van der Waals surface area contributed by atoms with E-state index >= 15 is 0 Å². The van der Waals surface area contributed by atoms with E-state index in [2.05, 4.69) is 0 Å². The number of carbonyl (C=O) groups is 1. The summed E-state index contributed by atoms with van der Waals surface area (Å²) in [5, 5.41) is 0. The number of nitrogens with one attached hydrogen (secondary N) is 2. The Bertz CT molecular complexity index is 748. The summed E-state index contributed by atoms with van der Waals surface area (Å²) in [6.45, 7) is 0. The minimum absolute atomic E-state index is 0.0591. The van der Waals surface area contributed by atoms with Gasteiger partial charge in [0, 0.05) is 0 Å². The molecule has 27 heavy (non-hydrogen) atoms. The molecule has 1 rings (SSSR count). The van der Waals surface area contributed by atoms with Gasteiger partial charge in [0.1, 0.15) is 6.04 Å². The van der Waals surface area contributed by atoms with Gasteiger partial charge in [0.2, 0.25) is 10.0 Å². The van der Waals surface area contributed by atoms with E-state index in [0.717, 1.165) is 0 Å². The van der Waals surface area contributed by atoms with Crippen LogP contribution in [0, 0.1) is 0 Å². The van der Waals surface area contributed by atoms with Gasteiger partial charge in [-0.05, 0) is 36.6 Å². The molecule has 6 nitrogen and oxygen atoms in total. The number of amides is 1. The first kappa shape index (κ1) is 23.5. The van der Waals surface area contributed by atoms with Gasteiger partial charge in [-0.3, -0.25) is 10.2 Å². The van der Waals surface area contributed by atoms with Crippen molar-refractivity contribution < 1.29 is 39.6 Å². The van der Waals surface area contributed by atoms with Crippen molar-refractivity contribution >= 4 is 27.7 Å². The average Bonchev–Trinajstić information content (AvgIpc) is 2.55. The topological polar surface area (TPSA) is 101 Å². The van der Waals surface area contributed by atoms with Crippen LogP contribution in [0.25, 0.3) is 0 Å². The number of hydrogen-bond donors (Lipinski definition) is 3. The Labute approximate surface area is 154 Å². The molecule has 0 saturated carbocycles. The van der Waals surface area contributed by atoms with Crippen LogP contribution in [0.5, 0.6) is 0 Å². The Morgan fingerprint density at radius 3 is 1.96 bits per heavy atom. The van der Waals surface area contributed by atoms with Crippen LogP contribution >= 0.6 is 11.8 Å². The first-order valence-corrected chi connectivity index (χ1v) is 9.91. The summed E-state index contributed by atoms with van der Waals surface area (Å²) in [5.41, 5.74) is -1.90. The van der Waals surface area contributed by atoms with Gasteiger partial charge in [-0.25, -0.2) is 14.3 Å². The van der Waals surface area contributed by atoms with Crippen molar-refractivity contribution in [2.75, 3.05) is 12.0 Å². The molecule has 4 N–H and O–H groups in total. The SMILES string of the molecule is CSCC[C@@H](NS(=O)(=O)c1cc(C(F)(F)F)cc(C(F)(F)F)c1)C(=O)NN. The van der Waals surface area contributed by atoms with Crippen molar-refractivity contribution in [3.63, 3.8) is 0 Å². The van der Waals surface area contributed by atoms with E-state index < -0.39 is 50.3 Å². The zero-order valence-corrected chi connectivity index (χ0v) is 15.2. The summed E-state index contributed by atoms with van der Waals surface area (Å²) in [4.78, 5) is 10.4. The van der Waals surface area contributed by atoms with Crippen molar-refractivity contribution in [3.8, 4) is 0 Å². The molecule has 0 bridgehead atoms. The third-order valence-electron chi connectivity index (χ3n) is 3.24. The summed E-state index contributed by atoms with van der Waals surface area (Å²) in [7, 11) is -4.89. The van der Waals surface area contributed by atoms with Crippen LogP contribution in [-0.4, -0.2) is 32.4 Å². The predicted octanol–water partition coefficient (Wildman–Crippen LogP) is 2.11. The lowest BCUT2D eigenvalue weighted by Gasteiger charge is -2.18. The van der Waals surface area contributed by atoms with Crippen LogP contribution < -0.4 is 16.0 Å². The zero-order chi connectivity index (χ0) is 21.0. The smallest absolute Gasteiger partial charge is 0.293 e. The molecule has 14 heteroatoms. The van der Waals surface area contributed by atoms with Crippen molar-refractivity contribution in [1.29, 1.82) is 0 Å². The summed E-state index contributed by atoms with van der Waals surface area (Å²) in [5.74, 6) is 4.21. The molecule has 0 aromatic heterocycles. The fourth-order valence-electron chi connectivity index (χ4n) is 1.92. The van der Waals surface area contributed by atoms with Crippen molar-refractivity contribution in [2.45, 2.75) is 29.7 Å². The van der Waals surface area contributed by atoms with Crippen LogP contribution in [0.15, 0.2) is 23.1 Å². The summed E-state index contributed by atoms with van der Waals surface area (Å²) in [6, 6.07) is -1.56. The number of nitrogens with two attached hydrogens (primary N) is 1. The third kappa shape index (κ3) is 6.55. The average molecular weight is 439 g/mol. The van der Waals surface area contributed by atoms with Crippen LogP contribution in [-0.2, 0) is 27.2 Å². The summed E-state index contributed by atoms with van der Waals surface area (Å²) >= 11 is 1.24. The number of benzene rings is 1. The van der Waals surface area contributed by atoms with Gasteiger partial charge in [0.05, 0.1) is 16.0 Å². The normalized spacial score (nSPS) is 14.1. The molecule has 1 aromatic carbocycles. The van der Waals surface area contributed by atoms with Crippen LogP contribution in [0.1, 0.15) is 17.5 Å². The largest absolute Gasteiger partial charge is 0.416 e. The molecule has 0 radical (unpaired) electrons. The highest BCUT2D eigenvalue weighted by Gasteiger charge is 2.38. The molecule has 0 aliphatic rings. The minimum atomic E-state index is -5.21. The maximum atomic E-state index is 12.9. The molecule has 0 aliphatic heterocycles. The highest BCUT2D eigenvalue weighted by atomic mass is 32.2. The second kappa shape index (κ2) is 8.67. The number of hydrogen-bond acceptors (Lipinski definition) is 5. The van der Waals surface area contributed by atoms with E-state index in [-0.39, 0.29) is 30.4 Å². The van der Waals surface area contributed by atoms with Crippen LogP contribution in [0.3, 0.4) is 0 Å². The van der Waals surface area contributed by atoms with Gasteiger partial charge in [-0.15, -0.1) is 0 Å². The van der Waals surface area contributed by atoms with E-state index in [1.165, 1.54) is 11.8 Å². The number of thioether (sulfide) groups is 1. The Kier molecular flexibility index (Phi) is 7.55. The van der Waals surface area contributed by atoms with Gasteiger partial charge >= 0.3 is 12.4 Å². The molecule has 0 saturated heterocycles. The quantitative estimate of drug-likeness (QED) is 0.262. The number of carbonyl (C=O) groups excluding carboxylic acids is 1. The molecule has 0 spiro atoms. The molecule has 0 unspecified atom stereocenters. The number of sulfonamides is 1. The van der Waals surface area contributed by atoms with Gasteiger partial charge in [-0.2, -0.15) is 42.8 Å². The third-order valence-corrected chi connectivity index (χ3v) is 5.33. The van der Waals surface area contributed by atoms with E-state index in [1.807, 2.05) is 0 Å². The molecule has 0 heterocycles. The van der Waals surface area contributed by atoms with Crippen molar-refractivity contribution in [2.24, 2.45) is 5.84 Å². The Morgan fingerprint density at radius 1 is 1.11 bits per heavy atom. The fraction of sp³-hybridized carbons (Fsp3) is 0.462. The van der Waals surface area contributed by atoms with Gasteiger partial charge < -0.3 is 0 Å². The number of rotatable bonds is 7. The Balaban J connectivity index is 3.41. The van der Waals surface area contributed by atoms with Gasteiger partial charge in [0.15, 0.2) is 0 Å². The van der Waals surface area contributed by atoms with Crippen molar-refractivity contribution in [1.82, 2.24) is 10.1 Å². The second-order valence-electron chi connectivity index (χ2n) is 5.21. The first-order chi connectivity index (χ1) is 12.2. The summed E-state index contributed by atoms with van der Waals surface area (Å²) in [6.07, 6.45) is -8.86. The number of halogens is 6. The maximum absolute atomic E-state index is 12.9. The molecule has 154 valence electrons. The van der Waals surface area contributed by atoms with E-state index in [4.69, 9.17) is 5.84 Å². The second-order valence-corrected chi connectivity index (χ2v) is 7.91. The van der Waals surface area contributed by atoms with Crippen LogP contribution in [0.2, 0.25) is 0 Å². The Morgan fingerprint density at radius 2 is 1.59 bits per heavy atom. The number of hydrazine groups is 1. The molecular formula is C13H15F6N3O3S2. The fourth-order valence-corrected chi connectivity index (χ4v) is 3.69. The van der Waals surface area contributed by atoms with Crippen molar-refractivity contribution in [3.05, 3.63) is 29.3 Å². The molecule has 0 fully saturated rings. The highest BCUT2D eigenvalue weighted by molar-refractivity contribution is 7.98.